The Bertz CT molecular complexity index is 633. The SMILES string of the molecule is O=C(NC1=CCC(Cl)C=C1)Nc1ccc(CCC2CCCNC2)cc1. The van der Waals surface area contributed by atoms with Crippen molar-refractivity contribution in [1.29, 1.82) is 0 Å². The van der Waals surface area contributed by atoms with Crippen LogP contribution in [0, 0.1) is 5.92 Å². The molecule has 0 saturated carbocycles. The number of halogens is 1. The number of allylic oxidation sites excluding steroid dienone is 3. The first-order valence-corrected chi connectivity index (χ1v) is 9.53. The molecule has 0 aromatic heterocycles. The molecule has 1 aromatic carbocycles. The zero-order chi connectivity index (χ0) is 17.5. The summed E-state index contributed by atoms with van der Waals surface area (Å²) in [5.41, 5.74) is 2.91. The summed E-state index contributed by atoms with van der Waals surface area (Å²) in [6.45, 7) is 2.31. The quantitative estimate of drug-likeness (QED) is 0.690. The molecule has 0 spiro atoms. The minimum absolute atomic E-state index is 0.0190. The van der Waals surface area contributed by atoms with Crippen LogP contribution in [0.5, 0.6) is 0 Å². The molecule has 2 unspecified atom stereocenters. The highest BCUT2D eigenvalue weighted by molar-refractivity contribution is 6.22. The van der Waals surface area contributed by atoms with Gasteiger partial charge in [0.1, 0.15) is 0 Å². The fourth-order valence-electron chi connectivity index (χ4n) is 3.28. The molecule has 1 heterocycles. The van der Waals surface area contributed by atoms with E-state index in [1.165, 1.54) is 24.8 Å². The molecule has 0 bridgehead atoms. The maximum atomic E-state index is 12.0. The van der Waals surface area contributed by atoms with Gasteiger partial charge in [-0.2, -0.15) is 0 Å². The predicted octanol–water partition coefficient (Wildman–Crippen LogP) is 4.19. The lowest BCUT2D eigenvalue weighted by Crippen LogP contribution is -2.29. The molecule has 2 atom stereocenters. The Morgan fingerprint density at radius 2 is 2.08 bits per heavy atom. The van der Waals surface area contributed by atoms with Gasteiger partial charge in [0.25, 0.3) is 0 Å². The second-order valence-electron chi connectivity index (χ2n) is 6.80. The smallest absolute Gasteiger partial charge is 0.316 e. The second-order valence-corrected chi connectivity index (χ2v) is 7.36. The number of anilines is 1. The molecule has 3 rings (SSSR count). The number of carbonyl (C=O) groups is 1. The first-order chi connectivity index (χ1) is 12.2. The number of hydrogen-bond donors (Lipinski definition) is 3. The Hall–Kier alpha value is -1.78. The van der Waals surface area contributed by atoms with E-state index in [2.05, 4.69) is 28.1 Å². The Kier molecular flexibility index (Phi) is 6.54. The lowest BCUT2D eigenvalue weighted by atomic mass is 9.93. The van der Waals surface area contributed by atoms with E-state index >= 15 is 0 Å². The number of alkyl halides is 1. The van der Waals surface area contributed by atoms with Gasteiger partial charge in [0.15, 0.2) is 0 Å². The Labute approximate surface area is 154 Å². The third-order valence-electron chi connectivity index (χ3n) is 4.76. The third kappa shape index (κ3) is 5.91. The van der Waals surface area contributed by atoms with Crippen LogP contribution in [0.1, 0.15) is 31.2 Å². The average Bonchev–Trinajstić information content (AvgIpc) is 2.64. The number of urea groups is 1. The van der Waals surface area contributed by atoms with E-state index in [0.29, 0.717) is 0 Å². The van der Waals surface area contributed by atoms with E-state index in [9.17, 15) is 4.79 Å². The summed E-state index contributed by atoms with van der Waals surface area (Å²) in [5, 5.41) is 9.18. The van der Waals surface area contributed by atoms with E-state index in [1.807, 2.05) is 30.4 Å². The highest BCUT2D eigenvalue weighted by Crippen LogP contribution is 2.18. The first-order valence-electron chi connectivity index (χ1n) is 9.09. The van der Waals surface area contributed by atoms with Gasteiger partial charge in [0.2, 0.25) is 0 Å². The van der Waals surface area contributed by atoms with Gasteiger partial charge in [-0.3, -0.25) is 0 Å². The lowest BCUT2D eigenvalue weighted by Gasteiger charge is -2.22. The van der Waals surface area contributed by atoms with E-state index < -0.39 is 0 Å². The number of amides is 2. The molecule has 1 saturated heterocycles. The van der Waals surface area contributed by atoms with Crippen LogP contribution in [0.15, 0.2) is 48.2 Å². The number of piperidine rings is 1. The summed E-state index contributed by atoms with van der Waals surface area (Å²) in [4.78, 5) is 12.0. The Balaban J connectivity index is 1.44. The van der Waals surface area contributed by atoms with E-state index in [1.54, 1.807) is 0 Å². The predicted molar refractivity (Wildman–Crippen MR) is 104 cm³/mol. The molecule has 1 aromatic rings. The summed E-state index contributed by atoms with van der Waals surface area (Å²) in [6, 6.07) is 7.90. The van der Waals surface area contributed by atoms with Crippen molar-refractivity contribution in [2.24, 2.45) is 5.92 Å². The fraction of sp³-hybridized carbons (Fsp3) is 0.450. The van der Waals surface area contributed by atoms with E-state index in [4.69, 9.17) is 11.6 Å². The van der Waals surface area contributed by atoms with Crippen LogP contribution in [0.4, 0.5) is 10.5 Å². The van der Waals surface area contributed by atoms with Gasteiger partial charge in [-0.05, 0) is 74.9 Å². The molecule has 1 aliphatic carbocycles. The summed E-state index contributed by atoms with van der Waals surface area (Å²) in [6.07, 6.45) is 11.3. The van der Waals surface area contributed by atoms with E-state index in [0.717, 1.165) is 43.2 Å². The minimum atomic E-state index is -0.232. The second kappa shape index (κ2) is 9.07. The van der Waals surface area contributed by atoms with Gasteiger partial charge in [0, 0.05) is 11.4 Å². The number of aryl methyl sites for hydroxylation is 1. The van der Waals surface area contributed by atoms with Crippen molar-refractivity contribution in [2.75, 3.05) is 18.4 Å². The van der Waals surface area contributed by atoms with Crippen molar-refractivity contribution < 1.29 is 4.79 Å². The van der Waals surface area contributed by atoms with Crippen LogP contribution < -0.4 is 16.0 Å². The molecule has 3 N–H and O–H groups in total. The molecule has 2 amide bonds. The van der Waals surface area contributed by atoms with Gasteiger partial charge in [-0.25, -0.2) is 4.79 Å². The number of hydrogen-bond acceptors (Lipinski definition) is 2. The van der Waals surface area contributed by atoms with Gasteiger partial charge in [0.05, 0.1) is 5.38 Å². The highest BCUT2D eigenvalue weighted by atomic mass is 35.5. The molecule has 1 fully saturated rings. The largest absolute Gasteiger partial charge is 0.323 e. The standard InChI is InChI=1S/C20H26ClN3O/c21-17-7-11-19(12-8-17)24-20(25)23-18-9-5-15(6-10-18)3-4-16-2-1-13-22-14-16/h5-7,9-12,16-17,22H,1-4,8,13-14H2,(H2,23,24,25). The van der Waals surface area contributed by atoms with Crippen LogP contribution in [0.2, 0.25) is 0 Å². The maximum absolute atomic E-state index is 12.0. The first kappa shape index (κ1) is 18.0. The van der Waals surface area contributed by atoms with E-state index in [-0.39, 0.29) is 11.4 Å². The topological polar surface area (TPSA) is 53.2 Å². The summed E-state index contributed by atoms with van der Waals surface area (Å²) in [5.74, 6) is 0.793. The van der Waals surface area contributed by atoms with Crippen molar-refractivity contribution in [3.8, 4) is 0 Å². The van der Waals surface area contributed by atoms with Gasteiger partial charge >= 0.3 is 6.03 Å². The van der Waals surface area contributed by atoms with Crippen LogP contribution in [-0.2, 0) is 6.42 Å². The summed E-state index contributed by atoms with van der Waals surface area (Å²) < 4.78 is 0. The molecular weight excluding hydrogens is 334 g/mol. The van der Waals surface area contributed by atoms with Gasteiger partial charge in [-0.1, -0.05) is 24.3 Å². The molecular formula is C20H26ClN3O. The minimum Gasteiger partial charge on any atom is -0.316 e. The highest BCUT2D eigenvalue weighted by Gasteiger charge is 2.12. The van der Waals surface area contributed by atoms with Crippen molar-refractivity contribution in [1.82, 2.24) is 10.6 Å². The third-order valence-corrected chi connectivity index (χ3v) is 5.08. The number of rotatable bonds is 5. The number of nitrogens with one attached hydrogen (secondary N) is 3. The van der Waals surface area contributed by atoms with Gasteiger partial charge < -0.3 is 16.0 Å². The number of benzene rings is 1. The van der Waals surface area contributed by atoms with Gasteiger partial charge in [-0.15, -0.1) is 11.6 Å². The van der Waals surface area contributed by atoms with Crippen LogP contribution in [0.25, 0.3) is 0 Å². The molecule has 4 nitrogen and oxygen atoms in total. The molecule has 25 heavy (non-hydrogen) atoms. The van der Waals surface area contributed by atoms with Crippen molar-refractivity contribution in [2.45, 2.75) is 37.5 Å². The Morgan fingerprint density at radius 1 is 1.24 bits per heavy atom. The zero-order valence-electron chi connectivity index (χ0n) is 14.4. The normalized spacial score (nSPS) is 23.0. The molecule has 5 heteroatoms. The molecule has 2 aliphatic rings. The molecule has 134 valence electrons. The average molecular weight is 360 g/mol. The summed E-state index contributed by atoms with van der Waals surface area (Å²) in [7, 11) is 0. The molecule has 1 aliphatic heterocycles. The van der Waals surface area contributed by atoms with Crippen LogP contribution in [0.3, 0.4) is 0 Å². The van der Waals surface area contributed by atoms with Crippen LogP contribution >= 0.6 is 11.6 Å². The molecule has 0 radical (unpaired) electrons. The summed E-state index contributed by atoms with van der Waals surface area (Å²) >= 11 is 5.98. The Morgan fingerprint density at radius 3 is 2.76 bits per heavy atom. The lowest BCUT2D eigenvalue weighted by molar-refractivity contribution is 0.254. The van der Waals surface area contributed by atoms with Crippen molar-refractivity contribution in [3.05, 3.63) is 53.8 Å². The van der Waals surface area contributed by atoms with Crippen LogP contribution in [-0.4, -0.2) is 24.5 Å². The maximum Gasteiger partial charge on any atom is 0.323 e. The zero-order valence-corrected chi connectivity index (χ0v) is 15.2. The van der Waals surface area contributed by atoms with Crippen molar-refractivity contribution in [3.63, 3.8) is 0 Å². The monoisotopic (exact) mass is 359 g/mol. The fourth-order valence-corrected chi connectivity index (χ4v) is 3.44. The number of carbonyl (C=O) groups excluding carboxylic acids is 1. The van der Waals surface area contributed by atoms with Crippen molar-refractivity contribution >= 4 is 23.3 Å².